The number of hydrogen-bond donors (Lipinski definition) is 4. The molecule has 14 nitrogen and oxygen atoms in total. The molecule has 0 atom stereocenters. The monoisotopic (exact) mass is 698 g/mol. The maximum absolute atomic E-state index is 11.1. The minimum atomic E-state index is -1.03. The summed E-state index contributed by atoms with van der Waals surface area (Å²) < 4.78 is 23.6. The minimum Gasteiger partial charge on any atom is -0.360 e. The van der Waals surface area contributed by atoms with Crippen LogP contribution in [0.3, 0.4) is 0 Å². The second-order valence-corrected chi connectivity index (χ2v) is 16.3. The zero-order valence-corrected chi connectivity index (χ0v) is 28.2. The molecule has 0 rings (SSSR count). The molecule has 0 aromatic rings. The first kappa shape index (κ1) is 36.7. The number of thiocarbonyl (C=S) groups is 2. The molecule has 0 saturated heterocycles. The second kappa shape index (κ2) is 24.0. The molecule has 198 valence electrons. The van der Waals surface area contributed by atoms with E-state index in [0.29, 0.717) is 44.3 Å². The average Bonchev–Trinajstić information content (AvgIpc) is 2.81. The summed E-state index contributed by atoms with van der Waals surface area (Å²) in [5.74, 6) is 0. The van der Waals surface area contributed by atoms with Gasteiger partial charge in [0.05, 0.1) is 0 Å². The standard InChI is InChI=1S/C6H10N4O8S4.2C3H6NS2.Zn/c7-3(11)15-19-21-17-5(13)9-1-2-10-6(14)18-22-20-16-4(8)12;2*1-4(3-5)6-2;/h1-2H2,(H2,7,11)(H2,8,12)(H,9,13)(H,10,14);2*1-2H3;. The van der Waals surface area contributed by atoms with Crippen LogP contribution < -0.4 is 22.1 Å². The van der Waals surface area contributed by atoms with Gasteiger partial charge in [-0.25, -0.2) is 19.2 Å². The first-order valence-electron chi connectivity index (χ1n) is 8.56. The molecule has 0 radical (unpaired) electrons. The van der Waals surface area contributed by atoms with E-state index < -0.39 is 41.5 Å². The Hall–Kier alpha value is -0.417. The summed E-state index contributed by atoms with van der Waals surface area (Å²) in [7, 11) is 4.00. The van der Waals surface area contributed by atoms with Crippen molar-refractivity contribution in [3.8, 4) is 0 Å². The summed E-state index contributed by atoms with van der Waals surface area (Å²) in [6, 6.07) is 0. The van der Waals surface area contributed by atoms with Crippen LogP contribution in [-0.2, 0) is 33.9 Å². The van der Waals surface area contributed by atoms with Gasteiger partial charge < -0.3 is 38.8 Å². The zero-order chi connectivity index (χ0) is 27.2. The molecule has 0 unspecified atom stereocenters. The molecule has 0 aromatic carbocycles. The number of amides is 4. The maximum Gasteiger partial charge on any atom is 0.420 e. The number of primary amides is 2. The van der Waals surface area contributed by atoms with E-state index in [1.54, 1.807) is 23.9 Å². The van der Waals surface area contributed by atoms with Crippen molar-refractivity contribution in [2.75, 3.05) is 39.7 Å². The van der Waals surface area contributed by atoms with Crippen molar-refractivity contribution in [3.05, 3.63) is 0 Å². The zero-order valence-electron chi connectivity index (χ0n) is 18.7. The van der Waals surface area contributed by atoms with Gasteiger partial charge in [0.1, 0.15) is 0 Å². The van der Waals surface area contributed by atoms with Crippen LogP contribution in [0.2, 0.25) is 0 Å². The molecule has 0 fully saturated rings. The fourth-order valence-electron chi connectivity index (χ4n) is 1.13. The van der Waals surface area contributed by atoms with Gasteiger partial charge in [0.2, 0.25) is 0 Å². The molecular weight excluding hydrogens is 678 g/mol. The molecule has 4 amide bonds. The van der Waals surface area contributed by atoms with E-state index in [1.807, 2.05) is 35.2 Å². The molecule has 0 heterocycles. The van der Waals surface area contributed by atoms with Crippen molar-refractivity contribution >= 4 is 124 Å². The van der Waals surface area contributed by atoms with Crippen LogP contribution in [0.1, 0.15) is 0 Å². The van der Waals surface area contributed by atoms with E-state index in [4.69, 9.17) is 24.4 Å². The predicted octanol–water partition coefficient (Wildman–Crippen LogP) is 3.11. The van der Waals surface area contributed by atoms with Crippen LogP contribution in [0, 0.1) is 0 Å². The van der Waals surface area contributed by atoms with Crippen molar-refractivity contribution in [2.24, 2.45) is 11.5 Å². The number of nitrogens with one attached hydrogen (secondary N) is 2. The van der Waals surface area contributed by atoms with Crippen molar-refractivity contribution in [3.63, 3.8) is 0 Å². The Morgan fingerprint density at radius 3 is 1.34 bits per heavy atom. The van der Waals surface area contributed by atoms with Crippen LogP contribution >= 0.6 is 92.6 Å². The smallest absolute Gasteiger partial charge is 0.360 e. The topological polar surface area (TPSA) is 188 Å². The van der Waals surface area contributed by atoms with Crippen LogP contribution in [0.4, 0.5) is 19.2 Å². The van der Waals surface area contributed by atoms with Gasteiger partial charge in [0.15, 0.2) is 44.3 Å². The molecule has 35 heavy (non-hydrogen) atoms. The van der Waals surface area contributed by atoms with E-state index in [1.165, 1.54) is 0 Å². The summed E-state index contributed by atoms with van der Waals surface area (Å²) in [6.45, 7) is 0.0941. The largest absolute Gasteiger partial charge is 0.420 e. The number of carbonyl (C=O) groups excluding carboxylic acids is 4. The first-order chi connectivity index (χ1) is 16.4. The SMILES string of the molecule is CSN(C)[C](=S)[Zn][C](=S)N(C)SC.NC(=O)OSSOC(=O)NCCNC(=O)OSSOC(N)=O. The number of hydrogen-bond acceptors (Lipinski definition) is 16. The van der Waals surface area contributed by atoms with Crippen molar-refractivity contribution in [2.45, 2.75) is 0 Å². The minimum absolute atomic E-state index is 0.0471. The van der Waals surface area contributed by atoms with Crippen molar-refractivity contribution < 1.29 is 53.0 Å². The fourth-order valence-corrected chi connectivity index (χ4v) is 9.24. The van der Waals surface area contributed by atoms with Crippen LogP contribution in [-0.4, -0.2) is 79.8 Å². The Labute approximate surface area is 245 Å². The first-order valence-corrected chi connectivity index (χ1v) is 18.7. The second-order valence-electron chi connectivity index (χ2n) is 5.00. The Morgan fingerprint density at radius 1 is 0.743 bits per heavy atom. The summed E-state index contributed by atoms with van der Waals surface area (Å²) in [4.78, 5) is 42.5. The van der Waals surface area contributed by atoms with Crippen LogP contribution in [0.25, 0.3) is 0 Å². The number of carbonyl (C=O) groups is 4. The molecule has 0 aliphatic rings. The molecule has 0 bridgehead atoms. The summed E-state index contributed by atoms with van der Waals surface area (Å²) in [5, 5.41) is 4.55. The van der Waals surface area contributed by atoms with Gasteiger partial charge in [0.25, 0.3) is 0 Å². The molecule has 0 saturated carbocycles. The van der Waals surface area contributed by atoms with E-state index >= 15 is 0 Å². The number of nitrogens with two attached hydrogens (primary N) is 2. The van der Waals surface area contributed by atoms with Gasteiger partial charge in [-0.1, -0.05) is 0 Å². The summed E-state index contributed by atoms with van der Waals surface area (Å²) in [5.41, 5.74) is 9.31. The summed E-state index contributed by atoms with van der Waals surface area (Å²) in [6.07, 6.45) is 0.357. The molecule has 0 spiro atoms. The van der Waals surface area contributed by atoms with E-state index in [0.717, 1.165) is 7.17 Å². The number of nitrogens with zero attached hydrogens (tertiary/aromatic N) is 2. The normalized spacial score (nSPS) is 9.14. The van der Waals surface area contributed by atoms with Crippen LogP contribution in [0.15, 0.2) is 0 Å². The summed E-state index contributed by atoms with van der Waals surface area (Å²) >= 11 is 14.7. The predicted molar refractivity (Wildman–Crippen MR) is 148 cm³/mol. The van der Waals surface area contributed by atoms with Crippen LogP contribution in [0.5, 0.6) is 0 Å². The quantitative estimate of drug-likeness (QED) is 0.0548. The average molecular weight is 700 g/mol. The van der Waals surface area contributed by atoms with Gasteiger partial charge in [-0.2, -0.15) is 0 Å². The molecule has 6 N–H and O–H groups in total. The third-order valence-electron chi connectivity index (χ3n) is 2.72. The fraction of sp³-hybridized carbons (Fsp3) is 0.500. The van der Waals surface area contributed by atoms with E-state index in [9.17, 15) is 19.2 Å². The van der Waals surface area contributed by atoms with Gasteiger partial charge in [-0.15, -0.1) is 0 Å². The number of rotatable bonds is 13. The maximum atomic E-state index is 11.1. The van der Waals surface area contributed by atoms with Gasteiger partial charge in [-0.05, 0) is 0 Å². The van der Waals surface area contributed by atoms with Gasteiger partial charge >= 0.3 is 132 Å². The molecule has 23 heteroatoms. The third-order valence-corrected chi connectivity index (χ3v) is 12.9. The Balaban J connectivity index is 0. The van der Waals surface area contributed by atoms with Crippen molar-refractivity contribution in [1.82, 2.24) is 19.2 Å². The Morgan fingerprint density at radius 2 is 1.06 bits per heavy atom. The molecule has 0 aliphatic heterocycles. The van der Waals surface area contributed by atoms with E-state index in [2.05, 4.69) is 38.8 Å². The van der Waals surface area contributed by atoms with Gasteiger partial charge in [-0.3, -0.25) is 0 Å². The van der Waals surface area contributed by atoms with E-state index in [-0.39, 0.29) is 13.1 Å². The molecular formula is C12H22N6O8S8Zn. The third kappa shape index (κ3) is 25.0. The Kier molecular flexibility index (Phi) is 25.1. The Bertz CT molecular complexity index is 658. The van der Waals surface area contributed by atoms with Crippen molar-refractivity contribution in [1.29, 1.82) is 0 Å². The molecule has 0 aliphatic carbocycles. The van der Waals surface area contributed by atoms with Gasteiger partial charge in [0, 0.05) is 13.1 Å². The molecule has 0 aromatic heterocycles.